The summed E-state index contributed by atoms with van der Waals surface area (Å²) in [5.41, 5.74) is 5.28. The van der Waals surface area contributed by atoms with E-state index in [4.69, 9.17) is 9.47 Å². The van der Waals surface area contributed by atoms with Crippen LogP contribution in [0.4, 0.5) is 11.6 Å². The van der Waals surface area contributed by atoms with Gasteiger partial charge in [0.05, 0.1) is 20.5 Å². The number of hydrogen-bond donors (Lipinski definition) is 0. The number of aromatic nitrogens is 6. The maximum atomic E-state index is 13.3. The van der Waals surface area contributed by atoms with Gasteiger partial charge >= 0.3 is 12.0 Å². The molecule has 1 atom stereocenters. The van der Waals surface area contributed by atoms with Gasteiger partial charge in [-0.15, -0.1) is 4.98 Å². The molecule has 1 aromatic carbocycles. The largest absolute Gasteiger partial charge is 0.467 e. The van der Waals surface area contributed by atoms with E-state index in [1.54, 1.807) is 12.5 Å². The highest BCUT2D eigenvalue weighted by Crippen LogP contribution is 2.32. The molecule has 4 aromatic rings. The van der Waals surface area contributed by atoms with Crippen LogP contribution >= 0.6 is 0 Å². The normalized spacial score (nSPS) is 17.3. The van der Waals surface area contributed by atoms with Crippen molar-refractivity contribution in [3.63, 3.8) is 0 Å². The highest BCUT2D eigenvalue weighted by molar-refractivity contribution is 5.79. The standard InChI is InChI=1S/C27H31N9O3/c1-18-14-33(12-13-36(18)23(37)16-35-17-29-21-7-5-10-28-24(21)35)22-8-4-6-19-9-11-34(15-20(19)22)25-30-26(38-2)32-27(31-25)39-3/h4-8,10,17-18H,9,11-16H2,1-3H3/t18-/m1/s1. The van der Waals surface area contributed by atoms with Crippen LogP contribution in [0.5, 0.6) is 12.0 Å². The van der Waals surface area contributed by atoms with Gasteiger partial charge in [0.15, 0.2) is 5.65 Å². The highest BCUT2D eigenvalue weighted by Gasteiger charge is 2.31. The lowest BCUT2D eigenvalue weighted by Crippen LogP contribution is -2.55. The first-order chi connectivity index (χ1) is 19.0. The number of carbonyl (C=O) groups is 1. The van der Waals surface area contributed by atoms with Crippen molar-refractivity contribution in [1.29, 1.82) is 0 Å². The summed E-state index contributed by atoms with van der Waals surface area (Å²) < 4.78 is 12.3. The van der Waals surface area contributed by atoms with Gasteiger partial charge in [-0.3, -0.25) is 4.79 Å². The fraction of sp³-hybridized carbons (Fsp3) is 0.407. The molecule has 0 aliphatic carbocycles. The first-order valence-corrected chi connectivity index (χ1v) is 13.0. The number of amides is 1. The Morgan fingerprint density at radius 3 is 2.56 bits per heavy atom. The zero-order valence-electron chi connectivity index (χ0n) is 22.3. The van der Waals surface area contributed by atoms with Crippen LogP contribution in [0.1, 0.15) is 18.1 Å². The molecule has 202 valence electrons. The maximum absolute atomic E-state index is 13.3. The van der Waals surface area contributed by atoms with Crippen LogP contribution in [0.3, 0.4) is 0 Å². The van der Waals surface area contributed by atoms with Crippen molar-refractivity contribution in [2.45, 2.75) is 32.5 Å². The molecule has 0 radical (unpaired) electrons. The number of carbonyl (C=O) groups excluding carboxylic acids is 1. The van der Waals surface area contributed by atoms with E-state index >= 15 is 0 Å². The first-order valence-electron chi connectivity index (χ1n) is 13.0. The minimum atomic E-state index is 0.0570. The predicted molar refractivity (Wildman–Crippen MR) is 145 cm³/mol. The fourth-order valence-electron chi connectivity index (χ4n) is 5.48. The summed E-state index contributed by atoms with van der Waals surface area (Å²) >= 11 is 0. The summed E-state index contributed by atoms with van der Waals surface area (Å²) in [5, 5.41) is 0. The SMILES string of the molecule is COc1nc(OC)nc(N2CCc3cccc(N4CCN(C(=O)Cn5cnc6cccnc65)[C@H](C)C4)c3C2)n1. The third kappa shape index (κ3) is 4.77. The Morgan fingerprint density at radius 1 is 0.974 bits per heavy atom. The number of piperazine rings is 1. The fourth-order valence-corrected chi connectivity index (χ4v) is 5.48. The van der Waals surface area contributed by atoms with Crippen LogP contribution in [0, 0.1) is 0 Å². The molecule has 0 unspecified atom stereocenters. The molecule has 0 saturated carbocycles. The van der Waals surface area contributed by atoms with Gasteiger partial charge in [-0.1, -0.05) is 12.1 Å². The van der Waals surface area contributed by atoms with Gasteiger partial charge in [-0.25, -0.2) is 9.97 Å². The molecule has 2 aliphatic rings. The number of imidazole rings is 1. The molecule has 3 aromatic heterocycles. The van der Waals surface area contributed by atoms with Gasteiger partial charge in [0.2, 0.25) is 11.9 Å². The number of fused-ring (bicyclic) bond motifs is 2. The summed E-state index contributed by atoms with van der Waals surface area (Å²) in [7, 11) is 3.06. The number of pyridine rings is 1. The highest BCUT2D eigenvalue weighted by atomic mass is 16.5. The van der Waals surface area contributed by atoms with Crippen molar-refractivity contribution in [2.75, 3.05) is 50.2 Å². The van der Waals surface area contributed by atoms with Crippen molar-refractivity contribution < 1.29 is 14.3 Å². The smallest absolute Gasteiger partial charge is 0.324 e. The summed E-state index contributed by atoms with van der Waals surface area (Å²) in [4.78, 5) is 41.6. The van der Waals surface area contributed by atoms with Crippen LogP contribution in [0.15, 0.2) is 42.9 Å². The molecule has 5 heterocycles. The van der Waals surface area contributed by atoms with E-state index in [9.17, 15) is 4.79 Å². The van der Waals surface area contributed by atoms with Crippen molar-refractivity contribution in [1.82, 2.24) is 34.4 Å². The molecule has 6 rings (SSSR count). The molecule has 1 fully saturated rings. The Labute approximate surface area is 226 Å². The molecule has 0 spiro atoms. The third-order valence-electron chi connectivity index (χ3n) is 7.45. The minimum absolute atomic E-state index is 0.0570. The van der Waals surface area contributed by atoms with Crippen LogP contribution in [-0.4, -0.2) is 86.7 Å². The molecule has 1 saturated heterocycles. The number of ether oxygens (including phenoxy) is 2. The molecule has 2 aliphatic heterocycles. The van der Waals surface area contributed by atoms with E-state index in [0.29, 0.717) is 19.0 Å². The Balaban J connectivity index is 1.18. The van der Waals surface area contributed by atoms with E-state index in [1.165, 1.54) is 31.0 Å². The van der Waals surface area contributed by atoms with Gasteiger partial charge in [0.25, 0.3) is 0 Å². The van der Waals surface area contributed by atoms with E-state index in [1.807, 2.05) is 21.6 Å². The zero-order chi connectivity index (χ0) is 26.9. The second-order valence-electron chi connectivity index (χ2n) is 9.80. The van der Waals surface area contributed by atoms with Gasteiger partial charge < -0.3 is 28.7 Å². The number of benzene rings is 1. The van der Waals surface area contributed by atoms with Crippen molar-refractivity contribution in [3.05, 3.63) is 54.0 Å². The number of anilines is 2. The Bertz CT molecular complexity index is 1480. The molecule has 1 amide bonds. The minimum Gasteiger partial charge on any atom is -0.467 e. The number of rotatable bonds is 6. The average Bonchev–Trinajstić information content (AvgIpc) is 3.38. The molecular formula is C27H31N9O3. The average molecular weight is 530 g/mol. The lowest BCUT2D eigenvalue weighted by molar-refractivity contribution is -0.134. The van der Waals surface area contributed by atoms with Crippen LogP contribution in [-0.2, 0) is 24.3 Å². The van der Waals surface area contributed by atoms with Crippen molar-refractivity contribution in [2.24, 2.45) is 0 Å². The van der Waals surface area contributed by atoms with Crippen molar-refractivity contribution >= 4 is 28.7 Å². The molecule has 0 bridgehead atoms. The first kappa shape index (κ1) is 24.8. The Hall–Kier alpha value is -4.48. The topological polar surface area (TPSA) is 115 Å². The number of hydrogen-bond acceptors (Lipinski definition) is 10. The Kier molecular flexibility index (Phi) is 6.59. The second kappa shape index (κ2) is 10.4. The van der Waals surface area contributed by atoms with Crippen LogP contribution < -0.4 is 19.3 Å². The van der Waals surface area contributed by atoms with Gasteiger partial charge in [0.1, 0.15) is 12.1 Å². The lowest BCUT2D eigenvalue weighted by atomic mass is 9.96. The van der Waals surface area contributed by atoms with Gasteiger partial charge in [-0.05, 0) is 42.7 Å². The van der Waals surface area contributed by atoms with E-state index in [2.05, 4.69) is 59.8 Å². The van der Waals surface area contributed by atoms with Crippen molar-refractivity contribution in [3.8, 4) is 12.0 Å². The van der Waals surface area contributed by atoms with Gasteiger partial charge in [0, 0.05) is 50.6 Å². The summed E-state index contributed by atoms with van der Waals surface area (Å²) in [6.07, 6.45) is 4.29. The molecule has 12 nitrogen and oxygen atoms in total. The lowest BCUT2D eigenvalue weighted by Gasteiger charge is -2.42. The number of nitrogens with zero attached hydrogens (tertiary/aromatic N) is 9. The van der Waals surface area contributed by atoms with Gasteiger partial charge in [-0.2, -0.15) is 9.97 Å². The van der Waals surface area contributed by atoms with E-state index in [0.717, 1.165) is 37.2 Å². The van der Waals surface area contributed by atoms with Crippen LogP contribution in [0.25, 0.3) is 11.2 Å². The second-order valence-corrected chi connectivity index (χ2v) is 9.80. The molecule has 39 heavy (non-hydrogen) atoms. The predicted octanol–water partition coefficient (Wildman–Crippen LogP) is 1.93. The van der Waals surface area contributed by atoms with Crippen LogP contribution in [0.2, 0.25) is 0 Å². The molecular weight excluding hydrogens is 498 g/mol. The summed E-state index contributed by atoms with van der Waals surface area (Å²) in [5.74, 6) is 0.607. The van der Waals surface area contributed by atoms with E-state index < -0.39 is 0 Å². The zero-order valence-corrected chi connectivity index (χ0v) is 22.3. The van der Waals surface area contributed by atoms with E-state index in [-0.39, 0.29) is 30.5 Å². The summed E-state index contributed by atoms with van der Waals surface area (Å²) in [6.45, 7) is 5.93. The third-order valence-corrected chi connectivity index (χ3v) is 7.45. The number of methoxy groups -OCH3 is 2. The molecule has 12 heteroatoms. The quantitative estimate of drug-likeness (QED) is 0.367. The molecule has 0 N–H and O–H groups in total. The summed E-state index contributed by atoms with van der Waals surface area (Å²) in [6, 6.07) is 10.7. The Morgan fingerprint density at radius 2 is 1.79 bits per heavy atom. The monoisotopic (exact) mass is 529 g/mol. The maximum Gasteiger partial charge on any atom is 0.324 e.